The first kappa shape index (κ1) is 19.7. The minimum Gasteiger partial charge on any atom is -0.409 e. The van der Waals surface area contributed by atoms with E-state index >= 15 is 0 Å². The minimum absolute atomic E-state index is 0.0170. The number of aromatic nitrogens is 2. The van der Waals surface area contributed by atoms with Crippen LogP contribution in [0.1, 0.15) is 12.5 Å². The van der Waals surface area contributed by atoms with E-state index < -0.39 is 16.7 Å². The number of hydrogen-bond acceptors (Lipinski definition) is 7. The number of hydrazone groups is 1. The van der Waals surface area contributed by atoms with Gasteiger partial charge in [-0.25, -0.2) is 9.55 Å². The molecular formula is C21H15N5O5. The molecule has 0 saturated carbocycles. The third kappa shape index (κ3) is 3.81. The van der Waals surface area contributed by atoms with Crippen LogP contribution in [-0.2, 0) is 4.79 Å². The highest BCUT2D eigenvalue weighted by Crippen LogP contribution is 2.21. The molecule has 0 bridgehead atoms. The van der Waals surface area contributed by atoms with Crippen molar-refractivity contribution in [1.29, 1.82) is 0 Å². The third-order valence-electron chi connectivity index (χ3n) is 4.37. The van der Waals surface area contributed by atoms with Gasteiger partial charge in [0, 0.05) is 12.5 Å². The average molecular weight is 417 g/mol. The molecule has 0 spiro atoms. The van der Waals surface area contributed by atoms with Crippen LogP contribution in [0.4, 0.5) is 11.8 Å². The van der Waals surface area contributed by atoms with E-state index in [4.69, 9.17) is 4.42 Å². The number of carbonyl (C=O) groups is 1. The molecule has 0 aliphatic carbocycles. The number of nitrogens with zero attached hydrogens (tertiary/aromatic N) is 5. The molecule has 0 aliphatic rings. The van der Waals surface area contributed by atoms with Gasteiger partial charge in [0.15, 0.2) is 0 Å². The Balaban J connectivity index is 1.90. The van der Waals surface area contributed by atoms with Gasteiger partial charge in [-0.2, -0.15) is 10.1 Å². The van der Waals surface area contributed by atoms with Gasteiger partial charge in [0.05, 0.1) is 28.9 Å². The predicted octanol–water partition coefficient (Wildman–Crippen LogP) is 3.27. The van der Waals surface area contributed by atoms with Gasteiger partial charge in [0.1, 0.15) is 11.2 Å². The van der Waals surface area contributed by atoms with E-state index in [1.54, 1.807) is 54.6 Å². The monoisotopic (exact) mass is 417 g/mol. The largest absolute Gasteiger partial charge is 0.433 e. The Kier molecular flexibility index (Phi) is 5.10. The highest BCUT2D eigenvalue weighted by atomic mass is 16.6. The zero-order valence-electron chi connectivity index (χ0n) is 16.2. The first-order chi connectivity index (χ1) is 15.0. The number of para-hydroxylation sites is 2. The van der Waals surface area contributed by atoms with E-state index in [-0.39, 0.29) is 17.1 Å². The van der Waals surface area contributed by atoms with Crippen molar-refractivity contribution in [2.45, 2.75) is 6.92 Å². The van der Waals surface area contributed by atoms with Crippen molar-refractivity contribution in [1.82, 2.24) is 9.55 Å². The minimum atomic E-state index is -0.683. The molecule has 0 atom stereocenters. The number of hydrogen-bond donors (Lipinski definition) is 0. The Morgan fingerprint density at radius 2 is 1.90 bits per heavy atom. The van der Waals surface area contributed by atoms with Gasteiger partial charge in [-0.1, -0.05) is 30.3 Å². The van der Waals surface area contributed by atoms with Crippen molar-refractivity contribution < 1.29 is 14.1 Å². The molecule has 10 heteroatoms. The van der Waals surface area contributed by atoms with Crippen molar-refractivity contribution in [2.24, 2.45) is 5.10 Å². The molecular weight excluding hydrogens is 402 g/mol. The van der Waals surface area contributed by atoms with Crippen LogP contribution in [0.3, 0.4) is 0 Å². The maximum Gasteiger partial charge on any atom is 0.433 e. The predicted molar refractivity (Wildman–Crippen MR) is 113 cm³/mol. The number of anilines is 1. The van der Waals surface area contributed by atoms with Crippen molar-refractivity contribution in [3.05, 3.63) is 93.0 Å². The van der Waals surface area contributed by atoms with Crippen LogP contribution in [0.5, 0.6) is 0 Å². The maximum absolute atomic E-state index is 13.3. The number of rotatable bonds is 5. The third-order valence-corrected chi connectivity index (χ3v) is 4.37. The number of carbonyl (C=O) groups excluding carboxylic acids is 1. The Hall–Kier alpha value is -4.60. The van der Waals surface area contributed by atoms with E-state index in [0.717, 1.165) is 11.3 Å². The fraction of sp³-hybridized carbons (Fsp3) is 0.0476. The van der Waals surface area contributed by atoms with Crippen molar-refractivity contribution in [3.63, 3.8) is 0 Å². The van der Waals surface area contributed by atoms with Gasteiger partial charge in [-0.15, -0.1) is 0 Å². The quantitative estimate of drug-likeness (QED) is 0.279. The molecule has 31 heavy (non-hydrogen) atoms. The molecule has 2 aromatic carbocycles. The van der Waals surface area contributed by atoms with Crippen molar-refractivity contribution in [2.75, 3.05) is 5.01 Å². The number of benzene rings is 2. The summed E-state index contributed by atoms with van der Waals surface area (Å²) in [6.45, 7) is 1.27. The summed E-state index contributed by atoms with van der Waals surface area (Å²) in [5.74, 6) is -0.987. The molecule has 0 unspecified atom stereocenters. The zero-order valence-corrected chi connectivity index (χ0v) is 16.2. The average Bonchev–Trinajstić information content (AvgIpc) is 3.24. The lowest BCUT2D eigenvalue weighted by Gasteiger charge is -2.19. The molecule has 0 radical (unpaired) electrons. The summed E-state index contributed by atoms with van der Waals surface area (Å²) < 4.78 is 6.12. The van der Waals surface area contributed by atoms with Crippen LogP contribution >= 0.6 is 0 Å². The fourth-order valence-electron chi connectivity index (χ4n) is 2.97. The van der Waals surface area contributed by atoms with Gasteiger partial charge < -0.3 is 4.42 Å². The summed E-state index contributed by atoms with van der Waals surface area (Å²) in [6.07, 6.45) is 2.35. The summed E-state index contributed by atoms with van der Waals surface area (Å²) in [5.41, 5.74) is 0.802. The topological polar surface area (TPSA) is 124 Å². The Bertz CT molecular complexity index is 1370. The number of nitro groups is 1. The Morgan fingerprint density at radius 3 is 2.58 bits per heavy atom. The molecule has 0 saturated heterocycles. The van der Waals surface area contributed by atoms with Gasteiger partial charge in [-0.3, -0.25) is 19.7 Å². The highest BCUT2D eigenvalue weighted by Gasteiger charge is 2.21. The van der Waals surface area contributed by atoms with Gasteiger partial charge in [0.2, 0.25) is 11.9 Å². The molecule has 1 amide bonds. The molecule has 2 heterocycles. The summed E-state index contributed by atoms with van der Waals surface area (Å²) in [6, 6.07) is 16.7. The van der Waals surface area contributed by atoms with Gasteiger partial charge in [-0.05, 0) is 24.3 Å². The van der Waals surface area contributed by atoms with Crippen LogP contribution < -0.4 is 10.6 Å². The Labute approximate surface area is 174 Å². The van der Waals surface area contributed by atoms with E-state index in [1.165, 1.54) is 23.8 Å². The number of amides is 1. The van der Waals surface area contributed by atoms with Crippen LogP contribution in [0.15, 0.2) is 81.2 Å². The standard InChI is InChI=1S/C21H15N5O5/c1-14(27)25(22-12-15-11-19(26(29)30)31-13-15)21-23-18-10-6-5-9-17(18)20(28)24(21)16-7-3-2-4-8-16/h2-13H,1H3/b22-12-. The molecule has 4 aromatic rings. The van der Waals surface area contributed by atoms with Crippen LogP contribution in [-0.4, -0.2) is 26.6 Å². The molecule has 0 aliphatic heterocycles. The van der Waals surface area contributed by atoms with Gasteiger partial charge in [0.25, 0.3) is 5.56 Å². The number of fused-ring (bicyclic) bond motifs is 1. The smallest absolute Gasteiger partial charge is 0.409 e. The summed E-state index contributed by atoms with van der Waals surface area (Å²) in [4.78, 5) is 40.3. The van der Waals surface area contributed by atoms with Crippen LogP contribution in [0, 0.1) is 10.1 Å². The Morgan fingerprint density at radius 1 is 1.19 bits per heavy atom. The first-order valence-corrected chi connectivity index (χ1v) is 9.10. The highest BCUT2D eigenvalue weighted by molar-refractivity contribution is 5.93. The van der Waals surface area contributed by atoms with E-state index in [2.05, 4.69) is 10.1 Å². The maximum atomic E-state index is 13.3. The lowest BCUT2D eigenvalue weighted by atomic mass is 10.2. The SMILES string of the molecule is CC(=O)N(/N=C\c1coc([N+](=O)[O-])c1)c1nc2ccccc2c(=O)n1-c1ccccc1. The molecule has 2 aromatic heterocycles. The summed E-state index contributed by atoms with van der Waals surface area (Å²) in [5, 5.41) is 16.3. The number of furan rings is 1. The van der Waals surface area contributed by atoms with E-state index in [9.17, 15) is 19.7 Å². The molecule has 0 fully saturated rings. The molecule has 10 nitrogen and oxygen atoms in total. The lowest BCUT2D eigenvalue weighted by molar-refractivity contribution is -0.402. The van der Waals surface area contributed by atoms with E-state index in [0.29, 0.717) is 16.6 Å². The summed E-state index contributed by atoms with van der Waals surface area (Å²) in [7, 11) is 0. The lowest BCUT2D eigenvalue weighted by Crippen LogP contribution is -2.32. The zero-order chi connectivity index (χ0) is 22.0. The van der Waals surface area contributed by atoms with E-state index in [1.807, 2.05) is 0 Å². The second-order valence-corrected chi connectivity index (χ2v) is 6.46. The second kappa shape index (κ2) is 8.03. The normalized spacial score (nSPS) is 11.1. The van der Waals surface area contributed by atoms with Gasteiger partial charge >= 0.3 is 5.88 Å². The molecule has 154 valence electrons. The molecule has 4 rings (SSSR count). The second-order valence-electron chi connectivity index (χ2n) is 6.46. The van der Waals surface area contributed by atoms with Crippen molar-refractivity contribution >= 4 is 34.9 Å². The fourth-order valence-corrected chi connectivity index (χ4v) is 2.97. The van der Waals surface area contributed by atoms with Crippen LogP contribution in [0.25, 0.3) is 16.6 Å². The first-order valence-electron chi connectivity index (χ1n) is 9.10. The molecule has 0 N–H and O–H groups in total. The summed E-state index contributed by atoms with van der Waals surface area (Å²) >= 11 is 0. The van der Waals surface area contributed by atoms with Crippen molar-refractivity contribution in [3.8, 4) is 5.69 Å². The van der Waals surface area contributed by atoms with Crippen LogP contribution in [0.2, 0.25) is 0 Å².